The van der Waals surface area contributed by atoms with Crippen LogP contribution in [0.15, 0.2) is 30.3 Å². The Morgan fingerprint density at radius 1 is 1.47 bits per heavy atom. The fourth-order valence-electron chi connectivity index (χ4n) is 1.47. The summed E-state index contributed by atoms with van der Waals surface area (Å²) in [6.45, 7) is 1.77. The number of benzene rings is 1. The third-order valence-corrected chi connectivity index (χ3v) is 2.78. The standard InChI is InChI=1S/C11H11BrO3/c1-2-11(8-13,10(14)15-12)9-6-4-3-5-7-9/h3-8H,2H2,1H3. The summed E-state index contributed by atoms with van der Waals surface area (Å²) in [6.07, 6.45) is 0.997. The third-order valence-electron chi connectivity index (χ3n) is 2.48. The lowest BCUT2D eigenvalue weighted by Gasteiger charge is -2.22. The number of carbonyl (C=O) groups excluding carboxylic acids is 2. The number of aldehydes is 1. The van der Waals surface area contributed by atoms with E-state index in [-0.39, 0.29) is 0 Å². The summed E-state index contributed by atoms with van der Waals surface area (Å²) in [6, 6.07) is 8.87. The minimum absolute atomic E-state index is 0.366. The molecule has 0 saturated heterocycles. The zero-order chi connectivity index (χ0) is 11.3. The molecular formula is C11H11BrO3. The molecule has 80 valence electrons. The molecule has 1 aromatic carbocycles. The van der Waals surface area contributed by atoms with Crippen LogP contribution in [-0.2, 0) is 18.8 Å². The van der Waals surface area contributed by atoms with Crippen molar-refractivity contribution < 1.29 is 13.4 Å². The normalized spacial score (nSPS) is 14.0. The van der Waals surface area contributed by atoms with Crippen molar-refractivity contribution in [3.63, 3.8) is 0 Å². The van der Waals surface area contributed by atoms with Gasteiger partial charge in [-0.2, -0.15) is 0 Å². The van der Waals surface area contributed by atoms with E-state index in [2.05, 4.69) is 20.1 Å². The second-order valence-corrected chi connectivity index (χ2v) is 3.50. The fourth-order valence-corrected chi connectivity index (χ4v) is 1.76. The molecule has 0 radical (unpaired) electrons. The van der Waals surface area contributed by atoms with Crippen molar-refractivity contribution in [3.05, 3.63) is 35.9 Å². The lowest BCUT2D eigenvalue weighted by atomic mass is 9.80. The predicted molar refractivity (Wildman–Crippen MR) is 59.5 cm³/mol. The highest BCUT2D eigenvalue weighted by Gasteiger charge is 2.40. The zero-order valence-electron chi connectivity index (χ0n) is 8.27. The van der Waals surface area contributed by atoms with Crippen LogP contribution in [-0.4, -0.2) is 12.3 Å². The van der Waals surface area contributed by atoms with E-state index in [9.17, 15) is 9.59 Å². The molecule has 0 aliphatic carbocycles. The molecule has 0 aliphatic heterocycles. The highest BCUT2D eigenvalue weighted by atomic mass is 79.9. The topological polar surface area (TPSA) is 43.4 Å². The molecule has 0 amide bonds. The molecule has 15 heavy (non-hydrogen) atoms. The first-order chi connectivity index (χ1) is 7.21. The summed E-state index contributed by atoms with van der Waals surface area (Å²) in [5.74, 6) is -0.591. The predicted octanol–water partition coefficient (Wildman–Crippen LogP) is 2.39. The number of hydrogen-bond donors (Lipinski definition) is 0. The monoisotopic (exact) mass is 270 g/mol. The van der Waals surface area contributed by atoms with Crippen molar-refractivity contribution in [1.29, 1.82) is 0 Å². The molecule has 0 spiro atoms. The Bertz CT molecular complexity index is 350. The summed E-state index contributed by atoms with van der Waals surface area (Å²) in [4.78, 5) is 22.7. The van der Waals surface area contributed by atoms with Gasteiger partial charge in [0, 0.05) is 0 Å². The van der Waals surface area contributed by atoms with Gasteiger partial charge in [-0.15, -0.1) is 0 Å². The minimum Gasteiger partial charge on any atom is -0.383 e. The van der Waals surface area contributed by atoms with Gasteiger partial charge < -0.3 is 8.62 Å². The number of hydrogen-bond acceptors (Lipinski definition) is 3. The zero-order valence-corrected chi connectivity index (χ0v) is 9.86. The van der Waals surface area contributed by atoms with E-state index in [0.29, 0.717) is 18.3 Å². The van der Waals surface area contributed by atoms with Crippen molar-refractivity contribution in [1.82, 2.24) is 0 Å². The van der Waals surface area contributed by atoms with Gasteiger partial charge in [0.25, 0.3) is 0 Å². The lowest BCUT2D eigenvalue weighted by molar-refractivity contribution is -0.141. The molecule has 3 nitrogen and oxygen atoms in total. The third kappa shape index (κ3) is 2.09. The number of carbonyl (C=O) groups is 2. The Morgan fingerprint density at radius 3 is 2.47 bits per heavy atom. The second-order valence-electron chi connectivity index (χ2n) is 3.17. The van der Waals surface area contributed by atoms with Crippen LogP contribution in [0.25, 0.3) is 0 Å². The first kappa shape index (κ1) is 11.9. The van der Waals surface area contributed by atoms with Gasteiger partial charge in [-0.05, 0) is 12.0 Å². The molecule has 1 atom stereocenters. The van der Waals surface area contributed by atoms with Crippen LogP contribution in [0.2, 0.25) is 0 Å². The molecule has 0 heterocycles. The molecular weight excluding hydrogens is 260 g/mol. The van der Waals surface area contributed by atoms with E-state index in [0.717, 1.165) is 0 Å². The van der Waals surface area contributed by atoms with Crippen LogP contribution in [0.3, 0.4) is 0 Å². The Kier molecular flexibility index (Phi) is 4.03. The maximum Gasteiger partial charge on any atom is 0.335 e. The highest BCUT2D eigenvalue weighted by Crippen LogP contribution is 2.28. The Labute approximate surface area is 96.9 Å². The first-order valence-corrected chi connectivity index (χ1v) is 5.21. The van der Waals surface area contributed by atoms with Gasteiger partial charge in [0.2, 0.25) is 0 Å². The van der Waals surface area contributed by atoms with Crippen LogP contribution in [0.4, 0.5) is 0 Å². The molecule has 1 rings (SSSR count). The molecule has 1 unspecified atom stereocenters. The van der Waals surface area contributed by atoms with Crippen molar-refractivity contribution in [2.45, 2.75) is 18.8 Å². The van der Waals surface area contributed by atoms with E-state index in [1.54, 1.807) is 31.2 Å². The van der Waals surface area contributed by atoms with E-state index in [1.807, 2.05) is 6.07 Å². The SMILES string of the molecule is CCC(C=O)(C(=O)OBr)c1ccccc1. The van der Waals surface area contributed by atoms with E-state index < -0.39 is 11.4 Å². The molecule has 0 aliphatic rings. The van der Waals surface area contributed by atoms with Gasteiger partial charge in [0.15, 0.2) is 16.3 Å². The molecule has 0 N–H and O–H groups in total. The molecule has 0 aromatic heterocycles. The number of halogens is 1. The quantitative estimate of drug-likeness (QED) is 0.623. The molecule has 4 heteroatoms. The summed E-state index contributed by atoms with van der Waals surface area (Å²) in [5, 5.41) is 0. The fraction of sp³-hybridized carbons (Fsp3) is 0.273. The average molecular weight is 271 g/mol. The summed E-state index contributed by atoms with van der Waals surface area (Å²) in [5.41, 5.74) is -0.558. The summed E-state index contributed by atoms with van der Waals surface area (Å²) in [7, 11) is 0. The highest BCUT2D eigenvalue weighted by molar-refractivity contribution is 9.06. The molecule has 0 bridgehead atoms. The van der Waals surface area contributed by atoms with Crippen LogP contribution in [0.5, 0.6) is 0 Å². The van der Waals surface area contributed by atoms with Gasteiger partial charge in [0.1, 0.15) is 11.7 Å². The van der Waals surface area contributed by atoms with Crippen molar-refractivity contribution in [3.8, 4) is 0 Å². The van der Waals surface area contributed by atoms with Gasteiger partial charge >= 0.3 is 5.97 Å². The van der Waals surface area contributed by atoms with Crippen LogP contribution < -0.4 is 0 Å². The van der Waals surface area contributed by atoms with E-state index in [1.165, 1.54) is 0 Å². The molecule has 0 fully saturated rings. The van der Waals surface area contributed by atoms with Crippen LogP contribution >= 0.6 is 16.3 Å². The molecule has 1 aromatic rings. The minimum atomic E-state index is -1.20. The van der Waals surface area contributed by atoms with E-state index in [4.69, 9.17) is 0 Å². The smallest absolute Gasteiger partial charge is 0.335 e. The maximum atomic E-state index is 11.6. The van der Waals surface area contributed by atoms with Crippen molar-refractivity contribution >= 4 is 28.5 Å². The van der Waals surface area contributed by atoms with E-state index >= 15 is 0 Å². The van der Waals surface area contributed by atoms with Crippen molar-refractivity contribution in [2.75, 3.05) is 0 Å². The van der Waals surface area contributed by atoms with Crippen LogP contribution in [0, 0.1) is 0 Å². The Hall–Kier alpha value is -1.16. The van der Waals surface area contributed by atoms with Crippen LogP contribution in [0.1, 0.15) is 18.9 Å². The second kappa shape index (κ2) is 5.07. The maximum absolute atomic E-state index is 11.6. The van der Waals surface area contributed by atoms with Gasteiger partial charge in [-0.1, -0.05) is 37.3 Å². The number of rotatable bonds is 4. The largest absolute Gasteiger partial charge is 0.383 e. The summed E-state index contributed by atoms with van der Waals surface area (Å²) < 4.78 is 4.49. The lowest BCUT2D eigenvalue weighted by Crippen LogP contribution is -2.37. The molecule has 0 saturated carbocycles. The van der Waals surface area contributed by atoms with Crippen molar-refractivity contribution in [2.24, 2.45) is 0 Å². The Morgan fingerprint density at radius 2 is 2.07 bits per heavy atom. The van der Waals surface area contributed by atoms with Gasteiger partial charge in [0.05, 0.1) is 0 Å². The summed E-state index contributed by atoms with van der Waals surface area (Å²) >= 11 is 2.62. The van der Waals surface area contributed by atoms with Gasteiger partial charge in [-0.3, -0.25) is 0 Å². The first-order valence-electron chi connectivity index (χ1n) is 4.56. The average Bonchev–Trinajstić information content (AvgIpc) is 2.32. The Balaban J connectivity index is 3.23. The van der Waals surface area contributed by atoms with Gasteiger partial charge in [-0.25, -0.2) is 4.79 Å².